The van der Waals surface area contributed by atoms with Gasteiger partial charge >= 0.3 is 0 Å². The summed E-state index contributed by atoms with van der Waals surface area (Å²) < 4.78 is 2.59. The summed E-state index contributed by atoms with van der Waals surface area (Å²) in [6.45, 7) is 3.03. The molecule has 1 aliphatic rings. The van der Waals surface area contributed by atoms with Crippen molar-refractivity contribution in [2.24, 2.45) is 5.92 Å². The third kappa shape index (κ3) is 5.75. The maximum Gasteiger partial charge on any atom is 0.217 e. The van der Waals surface area contributed by atoms with Crippen LogP contribution in [0.5, 0.6) is 0 Å². The van der Waals surface area contributed by atoms with E-state index in [0.29, 0.717) is 4.77 Å². The molecule has 0 radical (unpaired) electrons. The number of aryl methyl sites for hydroxylation is 1. The highest BCUT2D eigenvalue weighted by Gasteiger charge is 2.19. The monoisotopic (exact) mass is 404 g/mol. The van der Waals surface area contributed by atoms with Crippen LogP contribution in [0.1, 0.15) is 36.2 Å². The van der Waals surface area contributed by atoms with Crippen molar-refractivity contribution in [2.45, 2.75) is 32.4 Å². The van der Waals surface area contributed by atoms with E-state index in [4.69, 9.17) is 12.2 Å². The molecule has 1 aliphatic heterocycles. The van der Waals surface area contributed by atoms with E-state index < -0.39 is 0 Å². The molecule has 0 bridgehead atoms. The van der Waals surface area contributed by atoms with Crippen LogP contribution in [-0.2, 0) is 13.1 Å². The minimum Gasteiger partial charge on any atom is -0.284 e. The van der Waals surface area contributed by atoms with Gasteiger partial charge in [0, 0.05) is 13.1 Å². The molecule has 2 aromatic carbocycles. The fourth-order valence-electron chi connectivity index (χ4n) is 3.92. The molecule has 0 spiro atoms. The molecule has 0 aliphatic carbocycles. The standard InChI is InChI=1S/C24H28N4S/c29-24-25-23(14-13-21-9-5-2-6-10-21)26-28(24)19-27-17-15-22(16-18-27)12-11-20-7-3-1-4-8-20/h1-10,13-14,22H,11-12,15-19H2,(H,25,26,29)/b14-13+. The Labute approximate surface area is 177 Å². The number of hydrogen-bond acceptors (Lipinski definition) is 3. The summed E-state index contributed by atoms with van der Waals surface area (Å²) in [5.41, 5.74) is 2.61. The third-order valence-electron chi connectivity index (χ3n) is 5.66. The third-order valence-corrected chi connectivity index (χ3v) is 5.97. The van der Waals surface area contributed by atoms with Crippen molar-refractivity contribution in [2.75, 3.05) is 13.1 Å². The number of benzene rings is 2. The molecule has 4 rings (SSSR count). The first-order valence-corrected chi connectivity index (χ1v) is 10.8. The zero-order valence-corrected chi connectivity index (χ0v) is 17.5. The number of aromatic amines is 1. The number of nitrogens with zero attached hydrogens (tertiary/aromatic N) is 3. The van der Waals surface area contributed by atoms with Crippen LogP contribution in [0, 0.1) is 10.7 Å². The summed E-state index contributed by atoms with van der Waals surface area (Å²) in [5.74, 6) is 1.63. The van der Waals surface area contributed by atoms with Gasteiger partial charge in [-0.05, 0) is 61.0 Å². The average Bonchev–Trinajstić information content (AvgIpc) is 3.12. The quantitative estimate of drug-likeness (QED) is 0.535. The summed E-state index contributed by atoms with van der Waals surface area (Å²) in [4.78, 5) is 6.95. The predicted octanol–water partition coefficient (Wildman–Crippen LogP) is 5.41. The highest BCUT2D eigenvalue weighted by molar-refractivity contribution is 7.71. The zero-order valence-electron chi connectivity index (χ0n) is 16.7. The largest absolute Gasteiger partial charge is 0.284 e. The van der Waals surface area contributed by atoms with E-state index in [-0.39, 0.29) is 0 Å². The van der Waals surface area contributed by atoms with Crippen LogP contribution in [0.2, 0.25) is 0 Å². The number of likely N-dealkylation sites (tertiary alicyclic amines) is 1. The van der Waals surface area contributed by atoms with Crippen LogP contribution in [0.4, 0.5) is 0 Å². The Bertz CT molecular complexity index is 967. The molecule has 5 heteroatoms. The van der Waals surface area contributed by atoms with Crippen LogP contribution in [0.3, 0.4) is 0 Å². The lowest BCUT2D eigenvalue weighted by atomic mass is 9.91. The van der Waals surface area contributed by atoms with Crippen molar-refractivity contribution in [1.29, 1.82) is 0 Å². The Morgan fingerprint density at radius 2 is 1.66 bits per heavy atom. The maximum absolute atomic E-state index is 5.45. The van der Waals surface area contributed by atoms with Crippen LogP contribution in [-0.4, -0.2) is 32.8 Å². The minimum absolute atomic E-state index is 0.615. The average molecular weight is 405 g/mol. The van der Waals surface area contributed by atoms with E-state index in [1.54, 1.807) is 0 Å². The van der Waals surface area contributed by atoms with Crippen molar-refractivity contribution >= 4 is 24.4 Å². The molecule has 1 aromatic heterocycles. The Morgan fingerprint density at radius 1 is 0.966 bits per heavy atom. The summed E-state index contributed by atoms with van der Waals surface area (Å²) in [7, 11) is 0. The highest BCUT2D eigenvalue weighted by Crippen LogP contribution is 2.22. The SMILES string of the molecule is S=c1nc(/C=C/c2ccccc2)[nH]n1CN1CCC(CCc2ccccc2)CC1. The van der Waals surface area contributed by atoms with E-state index in [1.165, 1.54) is 31.2 Å². The molecule has 0 unspecified atom stereocenters. The van der Waals surface area contributed by atoms with Gasteiger partial charge in [0.2, 0.25) is 4.77 Å². The molecule has 150 valence electrons. The van der Waals surface area contributed by atoms with E-state index >= 15 is 0 Å². The molecule has 3 aromatic rings. The van der Waals surface area contributed by atoms with Crippen molar-refractivity contribution in [3.63, 3.8) is 0 Å². The van der Waals surface area contributed by atoms with E-state index in [9.17, 15) is 0 Å². The van der Waals surface area contributed by atoms with Gasteiger partial charge in [0.15, 0.2) is 0 Å². The second kappa shape index (κ2) is 9.81. The summed E-state index contributed by atoms with van der Waals surface area (Å²) >= 11 is 5.45. The highest BCUT2D eigenvalue weighted by atomic mass is 32.1. The molecule has 1 N–H and O–H groups in total. The van der Waals surface area contributed by atoms with Crippen LogP contribution >= 0.6 is 12.2 Å². The van der Waals surface area contributed by atoms with Gasteiger partial charge in [0.1, 0.15) is 5.82 Å². The van der Waals surface area contributed by atoms with Gasteiger partial charge in [-0.1, -0.05) is 66.7 Å². The lowest BCUT2D eigenvalue weighted by molar-refractivity contribution is 0.137. The molecule has 29 heavy (non-hydrogen) atoms. The van der Waals surface area contributed by atoms with Gasteiger partial charge in [-0.15, -0.1) is 0 Å². The number of hydrogen-bond donors (Lipinski definition) is 1. The Kier molecular flexibility index (Phi) is 6.70. The van der Waals surface area contributed by atoms with Gasteiger partial charge in [0.05, 0.1) is 6.67 Å². The number of H-pyrrole nitrogens is 1. The van der Waals surface area contributed by atoms with Crippen molar-refractivity contribution in [3.8, 4) is 0 Å². The van der Waals surface area contributed by atoms with Crippen molar-refractivity contribution in [3.05, 3.63) is 82.4 Å². The topological polar surface area (TPSA) is 36.9 Å². The summed E-state index contributed by atoms with van der Waals surface area (Å²) in [5, 5.41) is 3.33. The van der Waals surface area contributed by atoms with E-state index in [2.05, 4.69) is 63.5 Å². The second-order valence-corrected chi connectivity index (χ2v) is 8.16. The minimum atomic E-state index is 0.615. The fourth-order valence-corrected chi connectivity index (χ4v) is 4.12. The first-order valence-electron chi connectivity index (χ1n) is 10.4. The van der Waals surface area contributed by atoms with Gasteiger partial charge in [0.25, 0.3) is 0 Å². The van der Waals surface area contributed by atoms with E-state index in [1.807, 2.05) is 29.0 Å². The lowest BCUT2D eigenvalue weighted by Crippen LogP contribution is -2.35. The Morgan fingerprint density at radius 3 is 2.38 bits per heavy atom. The maximum atomic E-state index is 5.45. The van der Waals surface area contributed by atoms with Crippen molar-refractivity contribution in [1.82, 2.24) is 19.7 Å². The zero-order chi connectivity index (χ0) is 19.9. The molecule has 0 amide bonds. The molecule has 4 nitrogen and oxygen atoms in total. The smallest absolute Gasteiger partial charge is 0.217 e. The van der Waals surface area contributed by atoms with E-state index in [0.717, 1.165) is 37.1 Å². The normalized spacial score (nSPS) is 15.9. The van der Waals surface area contributed by atoms with Gasteiger partial charge in [-0.2, -0.15) is 4.98 Å². The number of piperidine rings is 1. The number of nitrogens with one attached hydrogen (secondary N) is 1. The summed E-state index contributed by atoms with van der Waals surface area (Å²) in [6, 6.07) is 21.1. The second-order valence-electron chi connectivity index (χ2n) is 7.79. The molecule has 1 fully saturated rings. The Balaban J connectivity index is 1.27. The van der Waals surface area contributed by atoms with Gasteiger partial charge in [-0.25, -0.2) is 4.68 Å². The van der Waals surface area contributed by atoms with Crippen LogP contribution in [0.15, 0.2) is 60.7 Å². The summed E-state index contributed by atoms with van der Waals surface area (Å²) in [6.07, 6.45) is 9.03. The number of rotatable bonds is 7. The van der Waals surface area contributed by atoms with Crippen LogP contribution < -0.4 is 0 Å². The molecule has 0 saturated carbocycles. The molecule has 1 saturated heterocycles. The molecular formula is C24H28N4S. The molecule has 2 heterocycles. The fraction of sp³-hybridized carbons (Fsp3) is 0.333. The van der Waals surface area contributed by atoms with Crippen molar-refractivity contribution < 1.29 is 0 Å². The lowest BCUT2D eigenvalue weighted by Gasteiger charge is -2.31. The predicted molar refractivity (Wildman–Crippen MR) is 122 cm³/mol. The van der Waals surface area contributed by atoms with Gasteiger partial charge in [-0.3, -0.25) is 10.00 Å². The first kappa shape index (κ1) is 19.8. The first-order chi connectivity index (χ1) is 14.3. The molecular weight excluding hydrogens is 376 g/mol. The van der Waals surface area contributed by atoms with Gasteiger partial charge < -0.3 is 0 Å². The Hall–Kier alpha value is -2.50. The molecule has 0 atom stereocenters. The number of aromatic nitrogens is 3. The van der Waals surface area contributed by atoms with Crippen LogP contribution in [0.25, 0.3) is 12.2 Å².